The summed E-state index contributed by atoms with van der Waals surface area (Å²) < 4.78 is 0. The molecule has 2 fully saturated rings. The summed E-state index contributed by atoms with van der Waals surface area (Å²) in [6, 6.07) is 8.18. The van der Waals surface area contributed by atoms with Crippen molar-refractivity contribution in [3.63, 3.8) is 0 Å². The number of aromatic hydroxyl groups is 1. The summed E-state index contributed by atoms with van der Waals surface area (Å²) in [5.74, 6) is 0.361. The molecule has 2 nitrogen and oxygen atoms in total. The number of nitrogens with zero attached hydrogens (tertiary/aromatic N) is 1. The highest BCUT2D eigenvalue weighted by Gasteiger charge is 2.37. The Morgan fingerprint density at radius 2 is 1.58 bits per heavy atom. The zero-order valence-corrected chi connectivity index (χ0v) is 11.9. The third kappa shape index (κ3) is 2.64. The Morgan fingerprint density at radius 3 is 2.16 bits per heavy atom. The monoisotopic (exact) mass is 259 g/mol. The lowest BCUT2D eigenvalue weighted by molar-refractivity contribution is 0.0814. The molecule has 2 aliphatic rings. The normalized spacial score (nSPS) is 24.7. The SMILES string of the molecule is CC(c1ccc(O)cc1)N1CCC2(CCCC2)CC1. The van der Waals surface area contributed by atoms with Crippen molar-refractivity contribution in [3.8, 4) is 5.75 Å². The van der Waals surface area contributed by atoms with E-state index in [1.807, 2.05) is 0 Å². The average molecular weight is 259 g/mol. The van der Waals surface area contributed by atoms with Crippen molar-refractivity contribution < 1.29 is 5.11 Å². The maximum Gasteiger partial charge on any atom is 0.115 e. The minimum absolute atomic E-state index is 0.361. The molecule has 0 bridgehead atoms. The van der Waals surface area contributed by atoms with E-state index in [0.717, 1.165) is 0 Å². The molecule has 104 valence electrons. The molecule has 1 aromatic carbocycles. The van der Waals surface area contributed by atoms with Crippen molar-refractivity contribution in [2.24, 2.45) is 5.41 Å². The summed E-state index contributed by atoms with van der Waals surface area (Å²) in [6.45, 7) is 4.77. The van der Waals surface area contributed by atoms with Crippen molar-refractivity contribution in [1.82, 2.24) is 4.90 Å². The third-order valence-electron chi connectivity index (χ3n) is 5.45. The standard InChI is InChI=1S/C17H25NO/c1-14(15-4-6-16(19)7-5-15)18-12-10-17(11-13-18)8-2-3-9-17/h4-7,14,19H,2-3,8-13H2,1H3. The molecule has 1 saturated heterocycles. The highest BCUT2D eigenvalue weighted by Crippen LogP contribution is 2.47. The predicted molar refractivity (Wildman–Crippen MR) is 78.2 cm³/mol. The van der Waals surface area contributed by atoms with E-state index in [2.05, 4.69) is 24.0 Å². The molecule has 1 unspecified atom stereocenters. The van der Waals surface area contributed by atoms with Crippen LogP contribution in [-0.4, -0.2) is 23.1 Å². The first-order valence-corrected chi connectivity index (χ1v) is 7.72. The van der Waals surface area contributed by atoms with E-state index < -0.39 is 0 Å². The summed E-state index contributed by atoms with van der Waals surface area (Å²) >= 11 is 0. The quantitative estimate of drug-likeness (QED) is 0.864. The van der Waals surface area contributed by atoms with E-state index in [0.29, 0.717) is 17.2 Å². The first kappa shape index (κ1) is 13.0. The van der Waals surface area contributed by atoms with E-state index in [9.17, 15) is 5.11 Å². The maximum atomic E-state index is 9.37. The number of rotatable bonds is 2. The Balaban J connectivity index is 1.63. The molecule has 1 atom stereocenters. The topological polar surface area (TPSA) is 23.5 Å². The van der Waals surface area contributed by atoms with E-state index >= 15 is 0 Å². The van der Waals surface area contributed by atoms with Crippen LogP contribution in [0.15, 0.2) is 24.3 Å². The van der Waals surface area contributed by atoms with Crippen LogP contribution in [0.5, 0.6) is 5.75 Å². The van der Waals surface area contributed by atoms with Gasteiger partial charge in [-0.25, -0.2) is 0 Å². The molecule has 0 amide bonds. The fraction of sp³-hybridized carbons (Fsp3) is 0.647. The molecule has 1 spiro atoms. The lowest BCUT2D eigenvalue weighted by atomic mass is 9.76. The van der Waals surface area contributed by atoms with Gasteiger partial charge >= 0.3 is 0 Å². The maximum absolute atomic E-state index is 9.37. The van der Waals surface area contributed by atoms with E-state index in [-0.39, 0.29) is 0 Å². The molecule has 1 heterocycles. The molecular formula is C17H25NO. The molecule has 1 saturated carbocycles. The van der Waals surface area contributed by atoms with Gasteiger partial charge in [-0.1, -0.05) is 25.0 Å². The van der Waals surface area contributed by atoms with Crippen LogP contribution in [0, 0.1) is 5.41 Å². The van der Waals surface area contributed by atoms with Gasteiger partial charge in [-0.3, -0.25) is 4.90 Å². The summed E-state index contributed by atoms with van der Waals surface area (Å²) in [5.41, 5.74) is 2.02. The fourth-order valence-corrected chi connectivity index (χ4v) is 3.97. The third-order valence-corrected chi connectivity index (χ3v) is 5.45. The Morgan fingerprint density at radius 1 is 1.00 bits per heavy atom. The van der Waals surface area contributed by atoms with Gasteiger partial charge in [0.2, 0.25) is 0 Å². The number of phenols is 1. The zero-order valence-electron chi connectivity index (χ0n) is 11.9. The van der Waals surface area contributed by atoms with E-state index in [1.54, 1.807) is 12.1 Å². The van der Waals surface area contributed by atoms with Gasteiger partial charge in [0.05, 0.1) is 0 Å². The van der Waals surface area contributed by atoms with Crippen LogP contribution >= 0.6 is 0 Å². The number of benzene rings is 1. The molecule has 1 aliphatic carbocycles. The Hall–Kier alpha value is -1.02. The zero-order chi connectivity index (χ0) is 13.3. The molecule has 3 rings (SSSR count). The fourth-order valence-electron chi connectivity index (χ4n) is 3.97. The second-order valence-electron chi connectivity index (χ2n) is 6.51. The van der Waals surface area contributed by atoms with Crippen molar-refractivity contribution >= 4 is 0 Å². The summed E-state index contributed by atoms with van der Waals surface area (Å²) in [5, 5.41) is 9.37. The van der Waals surface area contributed by atoms with Gasteiger partial charge < -0.3 is 5.11 Å². The van der Waals surface area contributed by atoms with E-state index in [1.165, 1.54) is 57.2 Å². The van der Waals surface area contributed by atoms with Crippen LogP contribution < -0.4 is 0 Å². The van der Waals surface area contributed by atoms with Crippen molar-refractivity contribution in [3.05, 3.63) is 29.8 Å². The highest BCUT2D eigenvalue weighted by molar-refractivity contribution is 5.27. The van der Waals surface area contributed by atoms with Crippen LogP contribution in [0.1, 0.15) is 57.1 Å². The molecule has 1 aliphatic heterocycles. The summed E-state index contributed by atoms with van der Waals surface area (Å²) in [6.07, 6.45) is 8.61. The van der Waals surface area contributed by atoms with Crippen LogP contribution in [0.3, 0.4) is 0 Å². The Kier molecular flexibility index (Phi) is 3.53. The molecule has 19 heavy (non-hydrogen) atoms. The average Bonchev–Trinajstić information content (AvgIpc) is 2.88. The van der Waals surface area contributed by atoms with Gasteiger partial charge in [0.25, 0.3) is 0 Å². The number of hydrogen-bond acceptors (Lipinski definition) is 2. The lowest BCUT2D eigenvalue weighted by Gasteiger charge is -2.42. The molecule has 0 aromatic heterocycles. The van der Waals surface area contributed by atoms with Gasteiger partial charge in [-0.2, -0.15) is 0 Å². The van der Waals surface area contributed by atoms with Crippen LogP contribution in [0.2, 0.25) is 0 Å². The minimum atomic E-state index is 0.361. The predicted octanol–water partition coefficient (Wildman–Crippen LogP) is 4.11. The number of piperidine rings is 1. The number of likely N-dealkylation sites (tertiary alicyclic amines) is 1. The van der Waals surface area contributed by atoms with Gasteiger partial charge in [-0.05, 0) is 68.8 Å². The van der Waals surface area contributed by atoms with Gasteiger partial charge in [0.15, 0.2) is 0 Å². The molecule has 2 heteroatoms. The second-order valence-corrected chi connectivity index (χ2v) is 6.51. The van der Waals surface area contributed by atoms with Crippen LogP contribution in [0.4, 0.5) is 0 Å². The summed E-state index contributed by atoms with van der Waals surface area (Å²) in [7, 11) is 0. The van der Waals surface area contributed by atoms with Gasteiger partial charge in [0, 0.05) is 6.04 Å². The van der Waals surface area contributed by atoms with Crippen LogP contribution in [-0.2, 0) is 0 Å². The minimum Gasteiger partial charge on any atom is -0.508 e. The second kappa shape index (κ2) is 5.16. The first-order valence-electron chi connectivity index (χ1n) is 7.72. The summed E-state index contributed by atoms with van der Waals surface area (Å²) in [4.78, 5) is 2.61. The largest absolute Gasteiger partial charge is 0.508 e. The van der Waals surface area contributed by atoms with Crippen molar-refractivity contribution in [1.29, 1.82) is 0 Å². The van der Waals surface area contributed by atoms with Crippen molar-refractivity contribution in [2.75, 3.05) is 13.1 Å². The van der Waals surface area contributed by atoms with Crippen molar-refractivity contribution in [2.45, 2.75) is 51.5 Å². The van der Waals surface area contributed by atoms with E-state index in [4.69, 9.17) is 0 Å². The highest BCUT2D eigenvalue weighted by atomic mass is 16.3. The van der Waals surface area contributed by atoms with Gasteiger partial charge in [-0.15, -0.1) is 0 Å². The van der Waals surface area contributed by atoms with Gasteiger partial charge in [0.1, 0.15) is 5.75 Å². The molecular weight excluding hydrogens is 234 g/mol. The lowest BCUT2D eigenvalue weighted by Crippen LogP contribution is -2.40. The Bertz CT molecular complexity index is 409. The number of hydrogen-bond donors (Lipinski definition) is 1. The first-order chi connectivity index (χ1) is 9.19. The smallest absolute Gasteiger partial charge is 0.115 e. The van der Waals surface area contributed by atoms with Crippen LogP contribution in [0.25, 0.3) is 0 Å². The molecule has 1 aromatic rings. The molecule has 0 radical (unpaired) electrons. The molecule has 1 N–H and O–H groups in total. The Labute approximate surface area is 116 Å². The number of phenolic OH excluding ortho intramolecular Hbond substituents is 1.